The molecule has 0 bridgehead atoms. The maximum absolute atomic E-state index is 9.82. The third-order valence-electron chi connectivity index (χ3n) is 6.88. The van der Waals surface area contributed by atoms with Gasteiger partial charge in [-0.2, -0.15) is 0 Å². The minimum absolute atomic E-state index is 0.335. The van der Waals surface area contributed by atoms with Crippen molar-refractivity contribution in [3.63, 3.8) is 0 Å². The number of benzene rings is 9. The second-order valence-corrected chi connectivity index (χ2v) is 9.00. The largest absolute Gasteiger partial charge is 0.0636 e. The van der Waals surface area contributed by atoms with E-state index in [9.17, 15) is 11.0 Å². The van der Waals surface area contributed by atoms with Gasteiger partial charge in [-0.05, 0) is 105 Å². The highest BCUT2D eigenvalue weighted by Crippen LogP contribution is 2.44. The predicted octanol–water partition coefficient (Wildman–Crippen LogP) is 11.4. The Morgan fingerprint density at radius 2 is 0.950 bits per heavy atom. The maximum atomic E-state index is 9.82. The Morgan fingerprint density at radius 3 is 1.80 bits per heavy atom. The highest BCUT2D eigenvalue weighted by atomic mass is 14.2. The molecule has 0 atom stereocenters. The summed E-state index contributed by atoms with van der Waals surface area (Å²) in [5, 5.41) is -5.92. The maximum Gasteiger partial charge on any atom is 0.0636 e. The van der Waals surface area contributed by atoms with Crippen molar-refractivity contribution in [1.82, 2.24) is 0 Å². The zero-order chi connectivity index (χ0) is 47.1. The first kappa shape index (κ1) is 8.91. The van der Waals surface area contributed by atoms with Crippen LogP contribution in [0, 0.1) is 0 Å². The minimum atomic E-state index is -0.868. The van der Waals surface area contributed by atoms with Crippen LogP contribution in [0.15, 0.2) is 145 Å². The van der Waals surface area contributed by atoms with Crippen molar-refractivity contribution in [1.29, 1.82) is 0 Å². The Hall–Kier alpha value is -5.20. The average molecular weight is 529 g/mol. The Balaban J connectivity index is 1.63. The molecule has 0 fully saturated rings. The molecule has 9 aromatic rings. The van der Waals surface area contributed by atoms with Gasteiger partial charge in [0.15, 0.2) is 0 Å². The van der Waals surface area contributed by atoms with E-state index in [2.05, 4.69) is 0 Å². The summed E-state index contributed by atoms with van der Waals surface area (Å²) in [7, 11) is 0. The lowest BCUT2D eigenvalue weighted by molar-refractivity contribution is 1.66. The quantitative estimate of drug-likeness (QED) is 0.155. The van der Waals surface area contributed by atoms with E-state index in [0.29, 0.717) is 0 Å². The number of rotatable bonds is 2. The number of hydrogen-bond donors (Lipinski definition) is 0. The van der Waals surface area contributed by atoms with Gasteiger partial charge in [-0.25, -0.2) is 0 Å². The monoisotopic (exact) mass is 528 g/mol. The van der Waals surface area contributed by atoms with Crippen LogP contribution in [0.4, 0.5) is 0 Å². The van der Waals surface area contributed by atoms with Crippen LogP contribution in [-0.2, 0) is 0 Å². The summed E-state index contributed by atoms with van der Waals surface area (Å²) < 4.78 is 215. The molecule has 0 unspecified atom stereocenters. The van der Waals surface area contributed by atoms with E-state index in [1.807, 2.05) is 0 Å². The first-order chi connectivity index (χ1) is 29.9. The molecule has 0 nitrogen and oxygen atoms in total. The first-order valence-corrected chi connectivity index (χ1v) is 12.0. The van der Waals surface area contributed by atoms with Crippen molar-refractivity contribution in [3.8, 4) is 22.3 Å². The second kappa shape index (κ2) is 8.15. The van der Waals surface area contributed by atoms with Gasteiger partial charge < -0.3 is 0 Å². The average Bonchev–Trinajstić information content (AvgIpc) is 3.25. The van der Waals surface area contributed by atoms with Gasteiger partial charge in [-0.3, -0.25) is 0 Å². The van der Waals surface area contributed by atoms with Crippen LogP contribution in [0.3, 0.4) is 0 Å². The summed E-state index contributed by atoms with van der Waals surface area (Å²) >= 11 is 0. The van der Waals surface area contributed by atoms with Gasteiger partial charge >= 0.3 is 0 Å². The molecule has 0 saturated heterocycles. The lowest BCUT2D eigenvalue weighted by atomic mass is 9.86. The van der Waals surface area contributed by atoms with Crippen molar-refractivity contribution in [2.24, 2.45) is 0 Å². The van der Waals surface area contributed by atoms with Crippen molar-refractivity contribution in [2.45, 2.75) is 0 Å². The zero-order valence-electron chi connectivity index (χ0n) is 44.0. The fourth-order valence-electron chi connectivity index (χ4n) is 5.19. The molecule has 0 aliphatic rings. The molecule has 0 N–H and O–H groups in total. The lowest BCUT2D eigenvalue weighted by Gasteiger charge is -2.18. The molecule has 9 aromatic carbocycles. The predicted molar refractivity (Wildman–Crippen MR) is 174 cm³/mol. The zero-order valence-corrected chi connectivity index (χ0v) is 20.0. The van der Waals surface area contributed by atoms with Crippen LogP contribution in [0.1, 0.15) is 32.9 Å². The van der Waals surface area contributed by atoms with Crippen LogP contribution in [0.2, 0.25) is 0 Å². The van der Waals surface area contributed by atoms with E-state index in [4.69, 9.17) is 21.9 Å². The summed E-state index contributed by atoms with van der Waals surface area (Å²) in [5.74, 6) is 0. The standard InChI is InChI=1S/C40H24/c1-2-8-25(9-3-1)33-19-17-27-14-15-29-22-31(23-30-18-21-35(33)40(27)38(29)30)39-34-13-7-5-11-28(34)24-37-32-12-6-4-10-26(32)16-20-36(37)39/h1-24H/i1D,2D,3D,4D,5D,6D,7D,8D,9D,10D,11D,12D,13D,14D,15D,16D,17D,18D,19D,20D,21D,22D,23D,24D. The number of fused-ring (bicyclic) bond motifs is 4. The highest BCUT2D eigenvalue weighted by molar-refractivity contribution is 6.27. The molecule has 0 spiro atoms. The molecule has 40 heavy (non-hydrogen) atoms. The van der Waals surface area contributed by atoms with Crippen LogP contribution in [-0.4, -0.2) is 0 Å². The van der Waals surface area contributed by atoms with Gasteiger partial charge in [0.2, 0.25) is 0 Å². The molecule has 0 aliphatic heterocycles. The van der Waals surface area contributed by atoms with Crippen LogP contribution < -0.4 is 0 Å². The molecule has 0 aliphatic carbocycles. The first-order valence-electron chi connectivity index (χ1n) is 24.0. The van der Waals surface area contributed by atoms with E-state index in [1.165, 1.54) is 0 Å². The van der Waals surface area contributed by atoms with Gasteiger partial charge in [0.25, 0.3) is 0 Å². The van der Waals surface area contributed by atoms with Gasteiger partial charge in [-0.15, -0.1) is 0 Å². The van der Waals surface area contributed by atoms with E-state index >= 15 is 0 Å². The molecule has 184 valence electrons. The SMILES string of the molecule is [2H]c1c([2H])c([2H])c(-c2c([2H])c([2H])c3c([2H])c([2H])c4c([2H])c(-c5c6c([2H])c([2H])c([2H])c([2H])c6c([2H])c6c5c([2H])c([2H])c5c([2H])c([2H])c([2H])c([2H])c56)c([2H])c5c([2H])c([2H])c2c3c45)c([2H])c1[2H]. The third-order valence-corrected chi connectivity index (χ3v) is 6.88. The van der Waals surface area contributed by atoms with Crippen molar-refractivity contribution in [3.05, 3.63) is 145 Å². The fraction of sp³-hybridized carbons (Fsp3) is 0. The summed E-state index contributed by atoms with van der Waals surface area (Å²) in [6, 6.07) is -19.6. The minimum Gasteiger partial charge on any atom is -0.0622 e. The van der Waals surface area contributed by atoms with Gasteiger partial charge in [0.1, 0.15) is 0 Å². The Kier molecular flexibility index (Phi) is 1.82. The van der Waals surface area contributed by atoms with E-state index in [1.54, 1.807) is 0 Å². The summed E-state index contributed by atoms with van der Waals surface area (Å²) in [4.78, 5) is 0. The summed E-state index contributed by atoms with van der Waals surface area (Å²) in [6.07, 6.45) is 0. The van der Waals surface area contributed by atoms with E-state index < -0.39 is 221 Å². The van der Waals surface area contributed by atoms with Gasteiger partial charge in [0.05, 0.1) is 32.9 Å². The van der Waals surface area contributed by atoms with Crippen LogP contribution >= 0.6 is 0 Å². The number of hydrogen-bond acceptors (Lipinski definition) is 0. The summed E-state index contributed by atoms with van der Waals surface area (Å²) in [5.41, 5.74) is -2.45. The smallest absolute Gasteiger partial charge is 0.0622 e. The third kappa shape index (κ3) is 3.02. The lowest BCUT2D eigenvalue weighted by Crippen LogP contribution is -1.90. The molecule has 0 radical (unpaired) electrons. The summed E-state index contributed by atoms with van der Waals surface area (Å²) in [6.45, 7) is 0. The normalized spacial score (nSPS) is 20.4. The molecule has 0 aromatic heterocycles. The second-order valence-electron chi connectivity index (χ2n) is 9.00. The Morgan fingerprint density at radius 1 is 0.325 bits per heavy atom. The van der Waals surface area contributed by atoms with Gasteiger partial charge in [-0.1, -0.05) is 127 Å². The molecule has 0 heteroatoms. The fourth-order valence-corrected chi connectivity index (χ4v) is 5.19. The topological polar surface area (TPSA) is 0 Å². The van der Waals surface area contributed by atoms with Gasteiger partial charge in [0, 0.05) is 0 Å². The Labute approximate surface area is 265 Å². The van der Waals surface area contributed by atoms with Crippen molar-refractivity contribution < 1.29 is 32.9 Å². The molecule has 0 heterocycles. The van der Waals surface area contributed by atoms with Crippen molar-refractivity contribution in [2.75, 3.05) is 0 Å². The molecule has 0 amide bonds. The molecular weight excluding hydrogens is 480 g/mol. The van der Waals surface area contributed by atoms with Crippen LogP contribution in [0.25, 0.3) is 86.9 Å². The molecule has 9 rings (SSSR count). The highest BCUT2D eigenvalue weighted by Gasteiger charge is 2.16. The van der Waals surface area contributed by atoms with Crippen molar-refractivity contribution >= 4 is 64.6 Å². The molecule has 0 saturated carbocycles. The van der Waals surface area contributed by atoms with E-state index in [0.717, 1.165) is 0 Å². The van der Waals surface area contributed by atoms with Crippen LogP contribution in [0.5, 0.6) is 0 Å². The van der Waals surface area contributed by atoms with E-state index in [-0.39, 0.29) is 10.8 Å². The molecular formula is C40H24. The Bertz CT molecular complexity index is 3710.